The number of nitrogens with zero attached hydrogens (tertiary/aromatic N) is 1. The van der Waals surface area contributed by atoms with Crippen molar-refractivity contribution in [1.29, 1.82) is 0 Å². The fourth-order valence-corrected chi connectivity index (χ4v) is 4.14. The van der Waals surface area contributed by atoms with Crippen LogP contribution in [0.15, 0.2) is 24.3 Å². The van der Waals surface area contributed by atoms with Gasteiger partial charge in [0.25, 0.3) is 0 Å². The Morgan fingerprint density at radius 2 is 1.92 bits per heavy atom. The lowest BCUT2D eigenvalue weighted by Crippen LogP contribution is -2.56. The number of amides is 3. The minimum absolute atomic E-state index is 0.0598. The van der Waals surface area contributed by atoms with Gasteiger partial charge < -0.3 is 20.6 Å². The number of anilines is 1. The average Bonchev–Trinajstić information content (AvgIpc) is 2.82. The van der Waals surface area contributed by atoms with Gasteiger partial charge >= 0.3 is 6.03 Å². The van der Waals surface area contributed by atoms with Crippen LogP contribution in [-0.2, 0) is 4.79 Å². The third kappa shape index (κ3) is 4.30. The van der Waals surface area contributed by atoms with Gasteiger partial charge in [-0.2, -0.15) is 0 Å². The quantitative estimate of drug-likeness (QED) is 0.703. The zero-order chi connectivity index (χ0) is 18.6. The standard InChI is InChI=1S/C19H26ClN3O3/c20-15-7-3-4-8-16(15)23-12-14(11-17(23)25)21-18(26)22-19(13-24)9-5-1-2-6-10-19/h3-4,7-8,14,24H,1-2,5-6,9-13H2,(H2,21,22,26)/t14-/m0/s1. The van der Waals surface area contributed by atoms with Crippen LogP contribution in [0.2, 0.25) is 5.02 Å². The van der Waals surface area contributed by atoms with Gasteiger partial charge in [-0.25, -0.2) is 4.79 Å². The van der Waals surface area contributed by atoms with Crippen molar-refractivity contribution in [3.05, 3.63) is 29.3 Å². The van der Waals surface area contributed by atoms with Gasteiger partial charge in [0.1, 0.15) is 0 Å². The Bertz CT molecular complexity index is 659. The maximum absolute atomic E-state index is 12.5. The van der Waals surface area contributed by atoms with Crippen molar-refractivity contribution >= 4 is 29.2 Å². The molecule has 0 unspecified atom stereocenters. The monoisotopic (exact) mass is 379 g/mol. The molecule has 0 radical (unpaired) electrons. The minimum atomic E-state index is -0.550. The molecule has 1 heterocycles. The van der Waals surface area contributed by atoms with Crippen LogP contribution in [0.5, 0.6) is 0 Å². The van der Waals surface area contributed by atoms with Crippen molar-refractivity contribution in [1.82, 2.24) is 10.6 Å². The summed E-state index contributed by atoms with van der Waals surface area (Å²) < 4.78 is 0. The van der Waals surface area contributed by atoms with Crippen molar-refractivity contribution in [2.75, 3.05) is 18.1 Å². The maximum atomic E-state index is 12.5. The van der Waals surface area contributed by atoms with E-state index in [0.717, 1.165) is 38.5 Å². The van der Waals surface area contributed by atoms with Crippen LogP contribution in [0.3, 0.4) is 0 Å². The molecule has 0 aromatic heterocycles. The molecular weight excluding hydrogens is 354 g/mol. The van der Waals surface area contributed by atoms with Crippen molar-refractivity contribution < 1.29 is 14.7 Å². The molecule has 3 N–H and O–H groups in total. The number of hydrogen-bond acceptors (Lipinski definition) is 3. The van der Waals surface area contributed by atoms with Crippen LogP contribution >= 0.6 is 11.6 Å². The zero-order valence-corrected chi connectivity index (χ0v) is 15.6. The number of aliphatic hydroxyl groups is 1. The van der Waals surface area contributed by atoms with Gasteiger partial charge in [-0.05, 0) is 25.0 Å². The van der Waals surface area contributed by atoms with E-state index in [4.69, 9.17) is 11.6 Å². The van der Waals surface area contributed by atoms with Crippen LogP contribution in [0.25, 0.3) is 0 Å². The summed E-state index contributed by atoms with van der Waals surface area (Å²) in [5, 5.41) is 16.2. The summed E-state index contributed by atoms with van der Waals surface area (Å²) in [5.74, 6) is -0.0604. The topological polar surface area (TPSA) is 81.7 Å². The summed E-state index contributed by atoms with van der Waals surface area (Å²) in [6.07, 6.45) is 6.08. The third-order valence-electron chi connectivity index (χ3n) is 5.35. The van der Waals surface area contributed by atoms with Crippen LogP contribution in [-0.4, -0.2) is 41.8 Å². The van der Waals surface area contributed by atoms with Crippen LogP contribution < -0.4 is 15.5 Å². The van der Waals surface area contributed by atoms with Gasteiger partial charge in [0.2, 0.25) is 5.91 Å². The molecule has 142 valence electrons. The number of halogens is 1. The van der Waals surface area contributed by atoms with E-state index in [-0.39, 0.29) is 31.0 Å². The third-order valence-corrected chi connectivity index (χ3v) is 5.67. The largest absolute Gasteiger partial charge is 0.394 e. The van der Waals surface area contributed by atoms with E-state index in [1.165, 1.54) is 0 Å². The number of hydrogen-bond donors (Lipinski definition) is 3. The van der Waals surface area contributed by atoms with E-state index in [9.17, 15) is 14.7 Å². The van der Waals surface area contributed by atoms with Crippen molar-refractivity contribution in [3.8, 4) is 0 Å². The van der Waals surface area contributed by atoms with Gasteiger partial charge in [0.15, 0.2) is 0 Å². The summed E-state index contributed by atoms with van der Waals surface area (Å²) in [5.41, 5.74) is 0.116. The second kappa shape index (κ2) is 8.27. The molecule has 3 rings (SSSR count). The Kier molecular flexibility index (Phi) is 6.04. The van der Waals surface area contributed by atoms with E-state index in [1.54, 1.807) is 17.0 Å². The Balaban J connectivity index is 1.60. The predicted octanol–water partition coefficient (Wildman–Crippen LogP) is 2.83. The number of aliphatic hydroxyl groups excluding tert-OH is 1. The minimum Gasteiger partial charge on any atom is -0.394 e. The molecule has 26 heavy (non-hydrogen) atoms. The molecule has 1 aromatic rings. The summed E-state index contributed by atoms with van der Waals surface area (Å²) in [6.45, 7) is 0.331. The first-order valence-electron chi connectivity index (χ1n) is 9.27. The van der Waals surface area contributed by atoms with Crippen LogP contribution in [0, 0.1) is 0 Å². The van der Waals surface area contributed by atoms with Gasteiger partial charge in [-0.15, -0.1) is 0 Å². The Labute approximate surface area is 158 Å². The van der Waals surface area contributed by atoms with Crippen LogP contribution in [0.4, 0.5) is 10.5 Å². The number of nitrogens with one attached hydrogen (secondary N) is 2. The molecule has 1 aromatic carbocycles. The zero-order valence-electron chi connectivity index (χ0n) is 14.8. The molecule has 0 bridgehead atoms. The highest BCUT2D eigenvalue weighted by molar-refractivity contribution is 6.33. The molecule has 1 aliphatic heterocycles. The second-order valence-corrected chi connectivity index (χ2v) is 7.72. The number of carbonyl (C=O) groups excluding carboxylic acids is 2. The summed E-state index contributed by atoms with van der Waals surface area (Å²) >= 11 is 6.18. The van der Waals surface area contributed by atoms with Gasteiger partial charge in [0, 0.05) is 13.0 Å². The maximum Gasteiger partial charge on any atom is 0.315 e. The van der Waals surface area contributed by atoms with Crippen molar-refractivity contribution in [3.63, 3.8) is 0 Å². The number of rotatable bonds is 4. The van der Waals surface area contributed by atoms with E-state index >= 15 is 0 Å². The Hall–Kier alpha value is -1.79. The lowest BCUT2D eigenvalue weighted by molar-refractivity contribution is -0.117. The summed E-state index contributed by atoms with van der Waals surface area (Å²) in [7, 11) is 0. The van der Waals surface area contributed by atoms with Gasteiger partial charge in [-0.3, -0.25) is 4.79 Å². The van der Waals surface area contributed by atoms with E-state index < -0.39 is 5.54 Å². The molecule has 2 aliphatic rings. The SMILES string of the molecule is O=C(N[C@H]1CC(=O)N(c2ccccc2Cl)C1)NC1(CO)CCCCCC1. The number of carbonyl (C=O) groups is 2. The molecule has 1 aliphatic carbocycles. The molecule has 3 amide bonds. The molecule has 1 saturated heterocycles. The molecule has 0 spiro atoms. The highest BCUT2D eigenvalue weighted by Crippen LogP contribution is 2.29. The molecular formula is C19H26ClN3O3. The molecule has 6 nitrogen and oxygen atoms in total. The number of benzene rings is 1. The van der Waals surface area contributed by atoms with Crippen LogP contribution in [0.1, 0.15) is 44.9 Å². The first-order valence-corrected chi connectivity index (χ1v) is 9.65. The normalized spacial score (nSPS) is 22.8. The van der Waals surface area contributed by atoms with E-state index in [2.05, 4.69) is 10.6 Å². The number of para-hydroxylation sites is 1. The van der Waals surface area contributed by atoms with Crippen molar-refractivity contribution in [2.24, 2.45) is 0 Å². The molecule has 1 saturated carbocycles. The fourth-order valence-electron chi connectivity index (χ4n) is 3.90. The molecule has 2 fully saturated rings. The van der Waals surface area contributed by atoms with E-state index in [0.29, 0.717) is 17.3 Å². The summed E-state index contributed by atoms with van der Waals surface area (Å²) in [4.78, 5) is 26.4. The number of urea groups is 1. The predicted molar refractivity (Wildman–Crippen MR) is 101 cm³/mol. The van der Waals surface area contributed by atoms with E-state index in [1.807, 2.05) is 12.1 Å². The first kappa shape index (κ1) is 19.0. The first-order chi connectivity index (χ1) is 12.5. The molecule has 1 atom stereocenters. The Morgan fingerprint density at radius 3 is 2.58 bits per heavy atom. The second-order valence-electron chi connectivity index (χ2n) is 7.31. The summed E-state index contributed by atoms with van der Waals surface area (Å²) in [6, 6.07) is 6.60. The van der Waals surface area contributed by atoms with Gasteiger partial charge in [0.05, 0.1) is 28.9 Å². The van der Waals surface area contributed by atoms with Gasteiger partial charge in [-0.1, -0.05) is 49.4 Å². The highest BCUT2D eigenvalue weighted by Gasteiger charge is 2.35. The van der Waals surface area contributed by atoms with Crippen molar-refractivity contribution in [2.45, 2.75) is 56.5 Å². The highest BCUT2D eigenvalue weighted by atomic mass is 35.5. The Morgan fingerprint density at radius 1 is 1.23 bits per heavy atom. The molecule has 7 heteroatoms. The average molecular weight is 380 g/mol. The lowest BCUT2D eigenvalue weighted by atomic mass is 9.91. The lowest BCUT2D eigenvalue weighted by Gasteiger charge is -2.32. The fraction of sp³-hybridized carbons (Fsp3) is 0.579. The smallest absolute Gasteiger partial charge is 0.315 e.